The number of primary sulfonamides is 1. The minimum Gasteiger partial charge on any atom is -0.445 e. The van der Waals surface area contributed by atoms with Crippen molar-refractivity contribution in [3.8, 4) is 0 Å². The first-order valence-corrected chi connectivity index (χ1v) is 8.43. The van der Waals surface area contributed by atoms with E-state index in [0.717, 1.165) is 16.9 Å². The van der Waals surface area contributed by atoms with E-state index in [1.807, 2.05) is 30.3 Å². The highest BCUT2D eigenvalue weighted by molar-refractivity contribution is 7.91. The maximum Gasteiger partial charge on any atom is 0.407 e. The standard InChI is InChI=1S/C13H14N2O4S2/c14-21(17,18)12-11(6-7-20-12)8-15-13(16)19-9-10-4-2-1-3-5-10/h1-7H,8-9H2,(H,15,16)(H2,14,17,18). The van der Waals surface area contributed by atoms with Gasteiger partial charge in [-0.15, -0.1) is 11.3 Å². The summed E-state index contributed by atoms with van der Waals surface area (Å²) >= 11 is 1.01. The Hall–Kier alpha value is -1.90. The molecule has 0 aliphatic carbocycles. The van der Waals surface area contributed by atoms with E-state index in [4.69, 9.17) is 9.88 Å². The molecule has 0 aliphatic heterocycles. The van der Waals surface area contributed by atoms with Crippen LogP contribution in [-0.4, -0.2) is 14.5 Å². The summed E-state index contributed by atoms with van der Waals surface area (Å²) in [7, 11) is -3.77. The lowest BCUT2D eigenvalue weighted by atomic mass is 10.2. The molecule has 0 bridgehead atoms. The summed E-state index contributed by atoms with van der Waals surface area (Å²) in [4.78, 5) is 11.6. The first-order valence-electron chi connectivity index (χ1n) is 6.00. The predicted molar refractivity (Wildman–Crippen MR) is 79.2 cm³/mol. The van der Waals surface area contributed by atoms with Gasteiger partial charge in [0.25, 0.3) is 0 Å². The molecular weight excluding hydrogens is 312 g/mol. The molecule has 21 heavy (non-hydrogen) atoms. The Morgan fingerprint density at radius 1 is 1.24 bits per heavy atom. The van der Waals surface area contributed by atoms with Gasteiger partial charge in [-0.25, -0.2) is 18.4 Å². The Morgan fingerprint density at radius 2 is 1.95 bits per heavy atom. The van der Waals surface area contributed by atoms with Crippen molar-refractivity contribution in [1.82, 2.24) is 5.32 Å². The Labute approximate surface area is 126 Å². The highest BCUT2D eigenvalue weighted by Gasteiger charge is 2.16. The third-order valence-corrected chi connectivity index (χ3v) is 5.11. The molecule has 0 unspecified atom stereocenters. The monoisotopic (exact) mass is 326 g/mol. The fourth-order valence-corrected chi connectivity index (χ4v) is 3.50. The number of nitrogens with one attached hydrogen (secondary N) is 1. The number of ether oxygens (including phenoxy) is 1. The lowest BCUT2D eigenvalue weighted by Gasteiger charge is -2.07. The van der Waals surface area contributed by atoms with Crippen LogP contribution in [0.4, 0.5) is 4.79 Å². The molecule has 0 aliphatic rings. The molecule has 0 saturated carbocycles. The van der Waals surface area contributed by atoms with Gasteiger partial charge in [-0.05, 0) is 17.0 Å². The Morgan fingerprint density at radius 3 is 2.62 bits per heavy atom. The predicted octanol–water partition coefficient (Wildman–Crippen LogP) is 1.82. The van der Waals surface area contributed by atoms with Crippen LogP contribution < -0.4 is 10.5 Å². The summed E-state index contributed by atoms with van der Waals surface area (Å²) in [6.45, 7) is 0.196. The van der Waals surface area contributed by atoms with Crippen LogP contribution in [-0.2, 0) is 27.9 Å². The van der Waals surface area contributed by atoms with E-state index < -0.39 is 16.1 Å². The number of hydrogen-bond acceptors (Lipinski definition) is 5. The molecule has 1 aromatic carbocycles. The number of nitrogens with two attached hydrogens (primary N) is 1. The third-order valence-electron chi connectivity index (χ3n) is 2.60. The molecule has 1 heterocycles. The molecule has 0 atom stereocenters. The van der Waals surface area contributed by atoms with E-state index in [0.29, 0.717) is 5.56 Å². The number of carbonyl (C=O) groups is 1. The number of carbonyl (C=O) groups excluding carboxylic acids is 1. The molecular formula is C13H14N2O4S2. The quantitative estimate of drug-likeness (QED) is 0.875. The summed E-state index contributed by atoms with van der Waals surface area (Å²) in [5, 5.41) is 9.18. The largest absolute Gasteiger partial charge is 0.445 e. The average molecular weight is 326 g/mol. The van der Waals surface area contributed by atoms with Crippen LogP contribution in [0.15, 0.2) is 46.0 Å². The van der Waals surface area contributed by atoms with Crippen LogP contribution >= 0.6 is 11.3 Å². The van der Waals surface area contributed by atoms with E-state index in [1.54, 1.807) is 11.4 Å². The molecule has 2 aromatic rings. The zero-order chi connectivity index (χ0) is 15.3. The molecule has 0 radical (unpaired) electrons. The number of sulfonamides is 1. The molecule has 3 N–H and O–H groups in total. The molecule has 112 valence electrons. The van der Waals surface area contributed by atoms with Gasteiger partial charge < -0.3 is 10.1 Å². The molecule has 0 fully saturated rings. The molecule has 0 spiro atoms. The summed E-state index contributed by atoms with van der Waals surface area (Å²) in [6, 6.07) is 10.8. The van der Waals surface area contributed by atoms with Crippen LogP contribution in [0, 0.1) is 0 Å². The molecule has 1 aromatic heterocycles. The van der Waals surface area contributed by atoms with Crippen molar-refractivity contribution in [3.05, 3.63) is 52.9 Å². The minimum absolute atomic E-state index is 0.0445. The number of hydrogen-bond donors (Lipinski definition) is 2. The zero-order valence-corrected chi connectivity index (χ0v) is 12.6. The summed E-state index contributed by atoms with van der Waals surface area (Å²) in [5.74, 6) is 0. The first kappa shape index (κ1) is 15.5. The number of benzene rings is 1. The van der Waals surface area contributed by atoms with Gasteiger partial charge >= 0.3 is 6.09 Å². The highest BCUT2D eigenvalue weighted by Crippen LogP contribution is 2.20. The van der Waals surface area contributed by atoms with Gasteiger partial charge in [0.05, 0.1) is 0 Å². The second-order valence-electron chi connectivity index (χ2n) is 4.19. The maximum atomic E-state index is 11.6. The summed E-state index contributed by atoms with van der Waals surface area (Å²) in [5.41, 5.74) is 1.31. The second-order valence-corrected chi connectivity index (χ2v) is 6.87. The maximum absolute atomic E-state index is 11.6. The van der Waals surface area contributed by atoms with Gasteiger partial charge in [0.15, 0.2) is 0 Å². The van der Waals surface area contributed by atoms with Crippen LogP contribution in [0.1, 0.15) is 11.1 Å². The summed E-state index contributed by atoms with van der Waals surface area (Å²) < 4.78 is 27.7. The van der Waals surface area contributed by atoms with E-state index in [9.17, 15) is 13.2 Å². The molecule has 8 heteroatoms. The Kier molecular flexibility index (Phi) is 4.94. The molecule has 1 amide bonds. The SMILES string of the molecule is NS(=O)(=O)c1sccc1CNC(=O)OCc1ccccc1. The van der Waals surface area contributed by atoms with Crippen molar-refractivity contribution >= 4 is 27.5 Å². The first-order chi connectivity index (χ1) is 9.97. The van der Waals surface area contributed by atoms with E-state index in [1.165, 1.54) is 0 Å². The van der Waals surface area contributed by atoms with Crippen molar-refractivity contribution in [2.75, 3.05) is 0 Å². The van der Waals surface area contributed by atoms with Crippen molar-refractivity contribution in [2.45, 2.75) is 17.4 Å². The van der Waals surface area contributed by atoms with Gasteiger partial charge in [0.1, 0.15) is 10.8 Å². The van der Waals surface area contributed by atoms with Crippen LogP contribution in [0.25, 0.3) is 0 Å². The minimum atomic E-state index is -3.77. The van der Waals surface area contributed by atoms with E-state index in [-0.39, 0.29) is 17.4 Å². The van der Waals surface area contributed by atoms with Crippen LogP contribution in [0.5, 0.6) is 0 Å². The van der Waals surface area contributed by atoms with Crippen molar-refractivity contribution in [3.63, 3.8) is 0 Å². The average Bonchev–Trinajstić information content (AvgIpc) is 2.92. The number of rotatable bonds is 5. The normalized spacial score (nSPS) is 11.1. The van der Waals surface area contributed by atoms with Crippen molar-refractivity contribution in [2.24, 2.45) is 5.14 Å². The molecule has 2 rings (SSSR count). The number of thiophene rings is 1. The van der Waals surface area contributed by atoms with Gasteiger partial charge in [-0.1, -0.05) is 30.3 Å². The van der Waals surface area contributed by atoms with Gasteiger partial charge in [-0.3, -0.25) is 0 Å². The van der Waals surface area contributed by atoms with Gasteiger partial charge in [0, 0.05) is 12.1 Å². The lowest BCUT2D eigenvalue weighted by Crippen LogP contribution is -2.24. The number of amides is 1. The second kappa shape index (κ2) is 6.70. The van der Waals surface area contributed by atoms with Crippen molar-refractivity contribution < 1.29 is 17.9 Å². The van der Waals surface area contributed by atoms with Crippen LogP contribution in [0.3, 0.4) is 0 Å². The third kappa shape index (κ3) is 4.55. The molecule has 0 saturated heterocycles. The zero-order valence-electron chi connectivity index (χ0n) is 11.0. The lowest BCUT2D eigenvalue weighted by molar-refractivity contribution is 0.139. The Balaban J connectivity index is 1.86. The molecule has 6 nitrogen and oxygen atoms in total. The Bertz CT molecular complexity index is 711. The van der Waals surface area contributed by atoms with Crippen LogP contribution in [0.2, 0.25) is 0 Å². The number of alkyl carbamates (subject to hydrolysis) is 1. The fraction of sp³-hybridized carbons (Fsp3) is 0.154. The van der Waals surface area contributed by atoms with Gasteiger partial charge in [-0.2, -0.15) is 0 Å². The smallest absolute Gasteiger partial charge is 0.407 e. The van der Waals surface area contributed by atoms with E-state index in [2.05, 4.69) is 5.32 Å². The van der Waals surface area contributed by atoms with E-state index >= 15 is 0 Å². The fourth-order valence-electron chi connectivity index (χ4n) is 1.64. The van der Waals surface area contributed by atoms with Crippen molar-refractivity contribution in [1.29, 1.82) is 0 Å². The highest BCUT2D eigenvalue weighted by atomic mass is 32.2. The summed E-state index contributed by atoms with van der Waals surface area (Å²) in [6.07, 6.45) is -0.620. The van der Waals surface area contributed by atoms with Gasteiger partial charge in [0.2, 0.25) is 10.0 Å². The topological polar surface area (TPSA) is 98.5 Å².